The van der Waals surface area contributed by atoms with Crippen molar-refractivity contribution in [2.24, 2.45) is 0 Å². The second kappa shape index (κ2) is 5.60. The number of ether oxygens (including phenoxy) is 2. The van der Waals surface area contributed by atoms with Crippen LogP contribution in [0.4, 0.5) is 0 Å². The van der Waals surface area contributed by atoms with Gasteiger partial charge in [-0.25, -0.2) is 0 Å². The summed E-state index contributed by atoms with van der Waals surface area (Å²) in [6.45, 7) is 2.17. The molecule has 1 saturated heterocycles. The molecular formula is C13H18O4. The topological polar surface area (TPSA) is 58.9 Å². The number of rotatable bonds is 3. The zero-order valence-corrected chi connectivity index (χ0v) is 9.82. The van der Waals surface area contributed by atoms with Gasteiger partial charge in [-0.2, -0.15) is 0 Å². The van der Waals surface area contributed by atoms with Gasteiger partial charge in [0.15, 0.2) is 6.29 Å². The van der Waals surface area contributed by atoms with E-state index in [1.807, 2.05) is 30.3 Å². The largest absolute Gasteiger partial charge is 0.390 e. The molecule has 0 saturated carbocycles. The minimum absolute atomic E-state index is 0.292. The van der Waals surface area contributed by atoms with Crippen LogP contribution in [0.5, 0.6) is 0 Å². The van der Waals surface area contributed by atoms with Crippen molar-refractivity contribution in [1.29, 1.82) is 0 Å². The van der Waals surface area contributed by atoms with Crippen LogP contribution in [0.3, 0.4) is 0 Å². The molecule has 0 bridgehead atoms. The zero-order valence-electron chi connectivity index (χ0n) is 9.82. The van der Waals surface area contributed by atoms with Crippen molar-refractivity contribution in [2.75, 3.05) is 0 Å². The van der Waals surface area contributed by atoms with E-state index >= 15 is 0 Å². The SMILES string of the molecule is C[C@@H]1O[C@@H](OCc2ccccc2)[C@H](O)C[C@@H]1O. The molecule has 2 N–H and O–H groups in total. The number of hydrogen-bond acceptors (Lipinski definition) is 4. The second-order valence-corrected chi connectivity index (χ2v) is 4.38. The minimum Gasteiger partial charge on any atom is -0.390 e. The van der Waals surface area contributed by atoms with Gasteiger partial charge in [-0.1, -0.05) is 30.3 Å². The third-order valence-electron chi connectivity index (χ3n) is 2.94. The van der Waals surface area contributed by atoms with E-state index in [9.17, 15) is 10.2 Å². The molecule has 0 aliphatic carbocycles. The Morgan fingerprint density at radius 3 is 2.65 bits per heavy atom. The molecule has 0 aromatic heterocycles. The lowest BCUT2D eigenvalue weighted by Gasteiger charge is -2.35. The van der Waals surface area contributed by atoms with Crippen LogP contribution < -0.4 is 0 Å². The summed E-state index contributed by atoms with van der Waals surface area (Å²) < 4.78 is 10.9. The van der Waals surface area contributed by atoms with Gasteiger partial charge in [-0.3, -0.25) is 0 Å². The molecule has 17 heavy (non-hydrogen) atoms. The molecule has 1 fully saturated rings. The first-order valence-corrected chi connectivity index (χ1v) is 5.84. The molecule has 4 heteroatoms. The summed E-state index contributed by atoms with van der Waals surface area (Å²) in [4.78, 5) is 0. The average Bonchev–Trinajstić information content (AvgIpc) is 2.33. The number of aliphatic hydroxyl groups is 2. The fraction of sp³-hybridized carbons (Fsp3) is 0.538. The molecule has 1 aromatic rings. The van der Waals surface area contributed by atoms with Crippen LogP contribution in [-0.4, -0.2) is 34.8 Å². The van der Waals surface area contributed by atoms with Crippen molar-refractivity contribution in [1.82, 2.24) is 0 Å². The fourth-order valence-electron chi connectivity index (χ4n) is 1.85. The molecule has 1 aliphatic heterocycles. The molecule has 1 aromatic carbocycles. The molecule has 4 atom stereocenters. The quantitative estimate of drug-likeness (QED) is 0.826. The first-order chi connectivity index (χ1) is 8.16. The van der Waals surface area contributed by atoms with Gasteiger partial charge in [-0.15, -0.1) is 0 Å². The monoisotopic (exact) mass is 238 g/mol. The highest BCUT2D eigenvalue weighted by Gasteiger charge is 2.34. The highest BCUT2D eigenvalue weighted by Crippen LogP contribution is 2.21. The smallest absolute Gasteiger partial charge is 0.184 e. The first kappa shape index (κ1) is 12.5. The summed E-state index contributed by atoms with van der Waals surface area (Å²) in [5.74, 6) is 0. The van der Waals surface area contributed by atoms with Crippen molar-refractivity contribution in [3.8, 4) is 0 Å². The molecule has 2 rings (SSSR count). The standard InChI is InChI=1S/C13H18O4/c1-9-11(14)7-12(15)13(17-9)16-8-10-5-3-2-4-6-10/h2-6,9,11-15H,7-8H2,1H3/t9-,11-,12+,13+/m0/s1. The van der Waals surface area contributed by atoms with Crippen molar-refractivity contribution in [3.63, 3.8) is 0 Å². The van der Waals surface area contributed by atoms with E-state index in [4.69, 9.17) is 9.47 Å². The van der Waals surface area contributed by atoms with Crippen LogP contribution in [0.1, 0.15) is 18.9 Å². The second-order valence-electron chi connectivity index (χ2n) is 4.38. The Hall–Kier alpha value is -0.940. The highest BCUT2D eigenvalue weighted by molar-refractivity contribution is 5.13. The summed E-state index contributed by atoms with van der Waals surface area (Å²) in [6, 6.07) is 9.71. The molecule has 1 heterocycles. The van der Waals surface area contributed by atoms with E-state index in [2.05, 4.69) is 0 Å². The van der Waals surface area contributed by atoms with Gasteiger partial charge in [0, 0.05) is 6.42 Å². The first-order valence-electron chi connectivity index (χ1n) is 5.84. The Morgan fingerprint density at radius 1 is 1.24 bits per heavy atom. The van der Waals surface area contributed by atoms with Gasteiger partial charge in [0.25, 0.3) is 0 Å². The summed E-state index contributed by atoms with van der Waals surface area (Å²) in [5, 5.41) is 19.2. The number of aliphatic hydroxyl groups excluding tert-OH is 2. The summed E-state index contributed by atoms with van der Waals surface area (Å²) in [5.41, 5.74) is 1.03. The highest BCUT2D eigenvalue weighted by atomic mass is 16.7. The maximum absolute atomic E-state index is 9.73. The van der Waals surface area contributed by atoms with Gasteiger partial charge in [0.05, 0.1) is 18.8 Å². The Bertz CT molecular complexity index is 341. The van der Waals surface area contributed by atoms with E-state index in [1.54, 1.807) is 6.92 Å². The summed E-state index contributed by atoms with van der Waals surface area (Å²) in [7, 11) is 0. The van der Waals surface area contributed by atoms with Crippen molar-refractivity contribution in [2.45, 2.75) is 44.6 Å². The van der Waals surface area contributed by atoms with E-state index < -0.39 is 18.5 Å². The lowest BCUT2D eigenvalue weighted by molar-refractivity contribution is -0.264. The van der Waals surface area contributed by atoms with E-state index in [0.717, 1.165) is 5.56 Å². The van der Waals surface area contributed by atoms with E-state index in [1.165, 1.54) is 0 Å². The summed E-state index contributed by atoms with van der Waals surface area (Å²) in [6.07, 6.45) is -2.07. The van der Waals surface area contributed by atoms with Crippen LogP contribution in [0.2, 0.25) is 0 Å². The van der Waals surface area contributed by atoms with E-state index in [-0.39, 0.29) is 6.10 Å². The molecular weight excluding hydrogens is 220 g/mol. The van der Waals surface area contributed by atoms with Gasteiger partial charge in [0.1, 0.15) is 6.10 Å². The Balaban J connectivity index is 1.87. The van der Waals surface area contributed by atoms with Crippen LogP contribution in [0.25, 0.3) is 0 Å². The minimum atomic E-state index is -0.773. The maximum atomic E-state index is 9.73. The molecule has 0 amide bonds. The Morgan fingerprint density at radius 2 is 1.94 bits per heavy atom. The van der Waals surface area contributed by atoms with E-state index in [0.29, 0.717) is 13.0 Å². The predicted octanol–water partition coefficient (Wildman–Crippen LogP) is 1.06. The van der Waals surface area contributed by atoms with Gasteiger partial charge >= 0.3 is 0 Å². The predicted molar refractivity (Wildman–Crippen MR) is 62.2 cm³/mol. The summed E-state index contributed by atoms with van der Waals surface area (Å²) >= 11 is 0. The third-order valence-corrected chi connectivity index (χ3v) is 2.94. The number of hydrogen-bond donors (Lipinski definition) is 2. The van der Waals surface area contributed by atoms with Crippen molar-refractivity contribution < 1.29 is 19.7 Å². The number of benzene rings is 1. The zero-order chi connectivity index (χ0) is 12.3. The molecule has 1 aliphatic rings. The third kappa shape index (κ3) is 3.26. The lowest BCUT2D eigenvalue weighted by Crippen LogP contribution is -2.47. The molecule has 4 nitrogen and oxygen atoms in total. The molecule has 0 radical (unpaired) electrons. The van der Waals surface area contributed by atoms with Gasteiger partial charge < -0.3 is 19.7 Å². The van der Waals surface area contributed by atoms with Crippen LogP contribution in [-0.2, 0) is 16.1 Å². The lowest BCUT2D eigenvalue weighted by atomic mass is 10.0. The molecule has 0 unspecified atom stereocenters. The van der Waals surface area contributed by atoms with Crippen molar-refractivity contribution >= 4 is 0 Å². The van der Waals surface area contributed by atoms with Gasteiger partial charge in [0.2, 0.25) is 0 Å². The average molecular weight is 238 g/mol. The van der Waals surface area contributed by atoms with Gasteiger partial charge in [-0.05, 0) is 12.5 Å². The Labute approximate surface area is 101 Å². The molecule has 94 valence electrons. The fourth-order valence-corrected chi connectivity index (χ4v) is 1.85. The Kier molecular flexibility index (Phi) is 4.12. The van der Waals surface area contributed by atoms with Crippen LogP contribution in [0.15, 0.2) is 30.3 Å². The van der Waals surface area contributed by atoms with Crippen LogP contribution in [0, 0.1) is 0 Å². The van der Waals surface area contributed by atoms with Crippen LogP contribution >= 0.6 is 0 Å². The van der Waals surface area contributed by atoms with Crippen molar-refractivity contribution in [3.05, 3.63) is 35.9 Å². The maximum Gasteiger partial charge on any atom is 0.184 e. The normalized spacial score (nSPS) is 33.6. The molecule has 0 spiro atoms.